The zero-order chi connectivity index (χ0) is 13.1. The molecule has 0 saturated heterocycles. The molecule has 0 radical (unpaired) electrons. The molecule has 0 bridgehead atoms. The summed E-state index contributed by atoms with van der Waals surface area (Å²) in [5.41, 5.74) is 7.02. The van der Waals surface area contributed by atoms with Crippen molar-refractivity contribution >= 4 is 34.0 Å². The second kappa shape index (κ2) is 5.60. The third kappa shape index (κ3) is 3.16. The summed E-state index contributed by atoms with van der Waals surface area (Å²) < 4.78 is 19.3. The lowest BCUT2D eigenvalue weighted by atomic mass is 10.1. The summed E-state index contributed by atoms with van der Waals surface area (Å²) in [6.45, 7) is 2.00. The number of nitrogens with one attached hydrogen (secondary N) is 1. The van der Waals surface area contributed by atoms with E-state index in [1.165, 1.54) is 6.07 Å². The summed E-state index contributed by atoms with van der Waals surface area (Å²) in [7, 11) is 0. The first kappa shape index (κ1) is 13.2. The molecule has 3 nitrogen and oxygen atoms in total. The van der Waals surface area contributed by atoms with Gasteiger partial charge in [-0.05, 0) is 47.7 Å². The first-order valence-electron chi connectivity index (χ1n) is 5.59. The van der Waals surface area contributed by atoms with Crippen molar-refractivity contribution in [1.29, 1.82) is 0 Å². The summed E-state index contributed by atoms with van der Waals surface area (Å²) in [5.74, 6) is 0.622. The zero-order valence-corrected chi connectivity index (χ0v) is 12.1. The van der Waals surface area contributed by atoms with Gasteiger partial charge in [0, 0.05) is 18.5 Å². The van der Waals surface area contributed by atoms with E-state index in [0.29, 0.717) is 14.9 Å². The lowest BCUT2D eigenvalue weighted by Crippen LogP contribution is -2.19. The number of nitrogens with two attached hydrogens (primary N) is 1. The molecule has 96 valence electrons. The lowest BCUT2D eigenvalue weighted by molar-refractivity contribution is 0.498. The molecule has 2 rings (SSSR count). The van der Waals surface area contributed by atoms with Gasteiger partial charge >= 0.3 is 0 Å². The van der Waals surface area contributed by atoms with Gasteiger partial charge < -0.3 is 15.5 Å². The normalized spacial score (nSPS) is 12.4. The molecule has 0 aliphatic rings. The fourth-order valence-electron chi connectivity index (χ4n) is 1.73. The standard InChI is InChI=1S/C13H14FIN2O/c1-8(5-9-3-2-4-18-9)17-13-6-10(14)11(15)7-12(13)16/h2-4,6-8,17H,5,16H2,1H3. The van der Waals surface area contributed by atoms with Crippen molar-refractivity contribution in [2.45, 2.75) is 19.4 Å². The van der Waals surface area contributed by atoms with Crippen molar-refractivity contribution in [2.75, 3.05) is 11.1 Å². The van der Waals surface area contributed by atoms with E-state index in [1.54, 1.807) is 12.3 Å². The van der Waals surface area contributed by atoms with Gasteiger partial charge in [-0.1, -0.05) is 0 Å². The summed E-state index contributed by atoms with van der Waals surface area (Å²) in [4.78, 5) is 0. The lowest BCUT2D eigenvalue weighted by Gasteiger charge is -2.16. The fraction of sp³-hybridized carbons (Fsp3) is 0.231. The Morgan fingerprint density at radius 3 is 2.94 bits per heavy atom. The number of furan rings is 1. The van der Waals surface area contributed by atoms with Crippen LogP contribution in [0.5, 0.6) is 0 Å². The van der Waals surface area contributed by atoms with E-state index in [4.69, 9.17) is 10.2 Å². The van der Waals surface area contributed by atoms with Gasteiger partial charge in [0.25, 0.3) is 0 Å². The second-order valence-corrected chi connectivity index (χ2v) is 5.34. The Hall–Kier alpha value is -1.24. The van der Waals surface area contributed by atoms with Crippen molar-refractivity contribution in [1.82, 2.24) is 0 Å². The second-order valence-electron chi connectivity index (χ2n) is 4.18. The molecule has 0 amide bonds. The monoisotopic (exact) mass is 360 g/mol. The Kier molecular flexibility index (Phi) is 4.11. The average molecular weight is 360 g/mol. The van der Waals surface area contributed by atoms with Crippen molar-refractivity contribution in [2.24, 2.45) is 0 Å². The van der Waals surface area contributed by atoms with Crippen molar-refractivity contribution < 1.29 is 8.81 Å². The molecule has 18 heavy (non-hydrogen) atoms. The maximum absolute atomic E-state index is 13.5. The quantitative estimate of drug-likeness (QED) is 0.647. The molecule has 1 heterocycles. The van der Waals surface area contributed by atoms with Crippen LogP contribution < -0.4 is 11.1 Å². The number of hydrogen-bond donors (Lipinski definition) is 2. The van der Waals surface area contributed by atoms with E-state index >= 15 is 0 Å². The van der Waals surface area contributed by atoms with Crippen LogP contribution in [-0.4, -0.2) is 6.04 Å². The van der Waals surface area contributed by atoms with Gasteiger partial charge in [0.2, 0.25) is 0 Å². The zero-order valence-electron chi connectivity index (χ0n) is 9.91. The summed E-state index contributed by atoms with van der Waals surface area (Å²) >= 11 is 1.92. The molecule has 0 spiro atoms. The molecule has 3 N–H and O–H groups in total. The van der Waals surface area contributed by atoms with Gasteiger partial charge in [0.05, 0.1) is 21.2 Å². The van der Waals surface area contributed by atoms with Crippen LogP contribution in [0.4, 0.5) is 15.8 Å². The fourth-order valence-corrected chi connectivity index (χ4v) is 2.23. The molecule has 2 aromatic rings. The highest BCUT2D eigenvalue weighted by atomic mass is 127. The molecule has 1 aromatic carbocycles. The molecule has 0 fully saturated rings. The van der Waals surface area contributed by atoms with Gasteiger partial charge in [0.1, 0.15) is 11.6 Å². The topological polar surface area (TPSA) is 51.2 Å². The van der Waals surface area contributed by atoms with Gasteiger partial charge in [-0.15, -0.1) is 0 Å². The van der Waals surface area contributed by atoms with Gasteiger partial charge in [-0.25, -0.2) is 4.39 Å². The van der Waals surface area contributed by atoms with E-state index in [1.807, 2.05) is 41.6 Å². The van der Waals surface area contributed by atoms with Crippen LogP contribution in [0, 0.1) is 9.39 Å². The Balaban J connectivity index is 2.07. The number of benzene rings is 1. The molecule has 5 heteroatoms. The number of halogens is 2. The highest BCUT2D eigenvalue weighted by Gasteiger charge is 2.10. The summed E-state index contributed by atoms with van der Waals surface area (Å²) in [6.07, 6.45) is 2.36. The smallest absolute Gasteiger partial charge is 0.138 e. The van der Waals surface area contributed by atoms with Crippen LogP contribution in [0.2, 0.25) is 0 Å². The van der Waals surface area contributed by atoms with Crippen molar-refractivity contribution in [3.8, 4) is 0 Å². The van der Waals surface area contributed by atoms with Gasteiger partial charge in [0.15, 0.2) is 0 Å². The Morgan fingerprint density at radius 1 is 1.50 bits per heavy atom. The van der Waals surface area contributed by atoms with Crippen LogP contribution in [0.3, 0.4) is 0 Å². The molecule has 1 aromatic heterocycles. The maximum Gasteiger partial charge on any atom is 0.138 e. The van der Waals surface area contributed by atoms with E-state index in [0.717, 1.165) is 12.2 Å². The Bertz CT molecular complexity index is 528. The Labute approximate surface area is 119 Å². The van der Waals surface area contributed by atoms with Crippen LogP contribution in [-0.2, 0) is 6.42 Å². The number of anilines is 2. The van der Waals surface area contributed by atoms with Crippen LogP contribution in [0.1, 0.15) is 12.7 Å². The maximum atomic E-state index is 13.5. The third-order valence-electron chi connectivity index (χ3n) is 2.58. The van der Waals surface area contributed by atoms with Crippen molar-refractivity contribution in [3.05, 3.63) is 45.7 Å². The minimum absolute atomic E-state index is 0.109. The van der Waals surface area contributed by atoms with Crippen LogP contribution in [0.15, 0.2) is 34.9 Å². The average Bonchev–Trinajstić information content (AvgIpc) is 2.78. The first-order valence-corrected chi connectivity index (χ1v) is 6.67. The number of nitrogen functional groups attached to an aromatic ring is 1. The highest BCUT2D eigenvalue weighted by Crippen LogP contribution is 2.25. The predicted octanol–water partition coefficient (Wildman–Crippen LogP) is 3.65. The Morgan fingerprint density at radius 2 is 2.28 bits per heavy atom. The summed E-state index contributed by atoms with van der Waals surface area (Å²) in [6, 6.07) is 6.92. The van der Waals surface area contributed by atoms with Crippen LogP contribution >= 0.6 is 22.6 Å². The largest absolute Gasteiger partial charge is 0.469 e. The van der Waals surface area contributed by atoms with Gasteiger partial charge in [-0.3, -0.25) is 0 Å². The molecule has 1 unspecified atom stereocenters. The minimum Gasteiger partial charge on any atom is -0.469 e. The minimum atomic E-state index is -0.266. The van der Waals surface area contributed by atoms with Crippen molar-refractivity contribution in [3.63, 3.8) is 0 Å². The molecular weight excluding hydrogens is 346 g/mol. The molecule has 0 aliphatic carbocycles. The van der Waals surface area contributed by atoms with Gasteiger partial charge in [-0.2, -0.15) is 0 Å². The molecular formula is C13H14FIN2O. The summed E-state index contributed by atoms with van der Waals surface area (Å²) in [5, 5.41) is 3.19. The first-order chi connectivity index (χ1) is 8.56. The third-order valence-corrected chi connectivity index (χ3v) is 3.41. The number of rotatable bonds is 4. The molecule has 0 aliphatic heterocycles. The molecule has 1 atom stereocenters. The van der Waals surface area contributed by atoms with Crippen LogP contribution in [0.25, 0.3) is 0 Å². The molecule has 0 saturated carbocycles. The van der Waals surface area contributed by atoms with E-state index in [2.05, 4.69) is 5.32 Å². The number of hydrogen-bond acceptors (Lipinski definition) is 3. The van der Waals surface area contributed by atoms with E-state index in [9.17, 15) is 4.39 Å². The van der Waals surface area contributed by atoms with E-state index < -0.39 is 0 Å². The SMILES string of the molecule is CC(Cc1ccco1)Nc1cc(F)c(I)cc1N. The highest BCUT2D eigenvalue weighted by molar-refractivity contribution is 14.1. The predicted molar refractivity (Wildman–Crippen MR) is 79.0 cm³/mol. The van der Waals surface area contributed by atoms with E-state index in [-0.39, 0.29) is 11.9 Å².